The van der Waals surface area contributed by atoms with Crippen molar-refractivity contribution in [1.29, 1.82) is 0 Å². The summed E-state index contributed by atoms with van der Waals surface area (Å²) >= 11 is 0. The molecule has 0 fully saturated rings. The number of halogens is 1. The van der Waals surface area contributed by atoms with Gasteiger partial charge in [-0.05, 0) is 36.4 Å². The van der Waals surface area contributed by atoms with E-state index in [4.69, 9.17) is 0 Å². The number of pyridine rings is 2. The Morgan fingerprint density at radius 2 is 1.88 bits per heavy atom. The monoisotopic (exact) mass is 224 g/mol. The molecule has 3 aromatic rings. The highest BCUT2D eigenvalue weighted by Gasteiger charge is 2.02. The molecule has 0 aliphatic rings. The van der Waals surface area contributed by atoms with Crippen LogP contribution in [0.5, 0.6) is 0 Å². The van der Waals surface area contributed by atoms with Gasteiger partial charge in [-0.25, -0.2) is 14.4 Å². The van der Waals surface area contributed by atoms with Crippen LogP contribution in [0.25, 0.3) is 22.3 Å². The zero-order valence-electron chi connectivity index (χ0n) is 8.97. The molecule has 0 amide bonds. The van der Waals surface area contributed by atoms with Gasteiger partial charge in [-0.2, -0.15) is 0 Å². The van der Waals surface area contributed by atoms with Gasteiger partial charge in [0.15, 0.2) is 5.65 Å². The molecule has 0 aliphatic carbocycles. The average molecular weight is 224 g/mol. The van der Waals surface area contributed by atoms with Crippen LogP contribution < -0.4 is 0 Å². The molecule has 0 saturated heterocycles. The molecule has 1 aromatic carbocycles. The third-order valence-corrected chi connectivity index (χ3v) is 2.58. The lowest BCUT2D eigenvalue weighted by Gasteiger charge is -2.02. The molecule has 82 valence electrons. The summed E-state index contributed by atoms with van der Waals surface area (Å²) in [5, 5.41) is 0.979. The van der Waals surface area contributed by atoms with E-state index in [1.54, 1.807) is 12.3 Å². The van der Waals surface area contributed by atoms with E-state index in [0.717, 1.165) is 16.6 Å². The number of nitrogens with zero attached hydrogens (tertiary/aromatic N) is 2. The Hall–Kier alpha value is -2.29. The molecule has 0 bridgehead atoms. The summed E-state index contributed by atoms with van der Waals surface area (Å²) in [5.41, 5.74) is 2.17. The molecule has 0 spiro atoms. The molecule has 3 heteroatoms. The van der Waals surface area contributed by atoms with Gasteiger partial charge in [0.2, 0.25) is 0 Å². The fourth-order valence-electron chi connectivity index (χ4n) is 1.76. The molecule has 0 aliphatic heterocycles. The number of hydrogen-bond donors (Lipinski definition) is 0. The van der Waals surface area contributed by atoms with Crippen LogP contribution in [0.1, 0.15) is 0 Å². The topological polar surface area (TPSA) is 25.8 Å². The molecule has 0 atom stereocenters. The molecule has 2 nitrogen and oxygen atoms in total. The van der Waals surface area contributed by atoms with E-state index >= 15 is 0 Å². The Labute approximate surface area is 97.8 Å². The van der Waals surface area contributed by atoms with Crippen molar-refractivity contribution in [3.63, 3.8) is 0 Å². The molecule has 3 rings (SSSR count). The van der Waals surface area contributed by atoms with E-state index < -0.39 is 0 Å². The normalized spacial score (nSPS) is 10.6. The zero-order valence-corrected chi connectivity index (χ0v) is 8.97. The Morgan fingerprint density at radius 1 is 0.941 bits per heavy atom. The highest BCUT2D eigenvalue weighted by Crippen LogP contribution is 2.20. The predicted octanol–water partition coefficient (Wildman–Crippen LogP) is 3.44. The maximum Gasteiger partial charge on any atom is 0.159 e. The molecule has 0 N–H and O–H groups in total. The van der Waals surface area contributed by atoms with E-state index in [0.29, 0.717) is 5.65 Å². The van der Waals surface area contributed by atoms with Crippen LogP contribution in [-0.2, 0) is 0 Å². The van der Waals surface area contributed by atoms with Crippen LogP contribution in [0, 0.1) is 5.82 Å². The summed E-state index contributed by atoms with van der Waals surface area (Å²) in [7, 11) is 0. The Morgan fingerprint density at radius 3 is 2.76 bits per heavy atom. The van der Waals surface area contributed by atoms with E-state index in [2.05, 4.69) is 9.97 Å². The highest BCUT2D eigenvalue weighted by atomic mass is 19.1. The first-order chi connectivity index (χ1) is 8.33. The third kappa shape index (κ3) is 1.87. The minimum absolute atomic E-state index is 0.259. The van der Waals surface area contributed by atoms with Crippen LogP contribution in [0.4, 0.5) is 4.39 Å². The second-order valence-corrected chi connectivity index (χ2v) is 3.76. The fraction of sp³-hybridized carbons (Fsp3) is 0. The second kappa shape index (κ2) is 3.94. The summed E-state index contributed by atoms with van der Waals surface area (Å²) in [6, 6.07) is 14.0. The highest BCUT2D eigenvalue weighted by molar-refractivity contribution is 5.77. The largest absolute Gasteiger partial charge is 0.237 e. The lowest BCUT2D eigenvalue weighted by Crippen LogP contribution is -1.87. The van der Waals surface area contributed by atoms with Crippen molar-refractivity contribution >= 4 is 11.0 Å². The van der Waals surface area contributed by atoms with Gasteiger partial charge in [-0.1, -0.05) is 12.1 Å². The summed E-state index contributed by atoms with van der Waals surface area (Å²) in [5.74, 6) is -0.259. The van der Waals surface area contributed by atoms with E-state index in [1.165, 1.54) is 12.1 Å². The smallest absolute Gasteiger partial charge is 0.159 e. The van der Waals surface area contributed by atoms with E-state index in [1.807, 2.05) is 30.3 Å². The molecule has 0 unspecified atom stereocenters. The van der Waals surface area contributed by atoms with Gasteiger partial charge in [0.1, 0.15) is 5.82 Å². The summed E-state index contributed by atoms with van der Waals surface area (Å²) in [4.78, 5) is 8.59. The van der Waals surface area contributed by atoms with Crippen molar-refractivity contribution in [1.82, 2.24) is 9.97 Å². The third-order valence-electron chi connectivity index (χ3n) is 2.58. The van der Waals surface area contributed by atoms with Gasteiger partial charge in [0.25, 0.3) is 0 Å². The minimum atomic E-state index is -0.259. The van der Waals surface area contributed by atoms with Crippen LogP contribution in [0.15, 0.2) is 54.7 Å². The van der Waals surface area contributed by atoms with Crippen LogP contribution in [0.3, 0.4) is 0 Å². The summed E-state index contributed by atoms with van der Waals surface area (Å²) in [6.07, 6.45) is 1.70. The number of benzene rings is 1. The maximum atomic E-state index is 13.1. The van der Waals surface area contributed by atoms with Crippen molar-refractivity contribution in [3.8, 4) is 11.3 Å². The molecule has 17 heavy (non-hydrogen) atoms. The van der Waals surface area contributed by atoms with Gasteiger partial charge in [-0.3, -0.25) is 0 Å². The van der Waals surface area contributed by atoms with Crippen molar-refractivity contribution in [2.45, 2.75) is 0 Å². The first-order valence-corrected chi connectivity index (χ1v) is 5.31. The summed E-state index contributed by atoms with van der Waals surface area (Å²) in [6.45, 7) is 0. The quantitative estimate of drug-likeness (QED) is 0.632. The van der Waals surface area contributed by atoms with Gasteiger partial charge in [-0.15, -0.1) is 0 Å². The molecular weight excluding hydrogens is 215 g/mol. The SMILES string of the molecule is Fc1cccc(-c2ccc3cccnc3n2)c1. The maximum absolute atomic E-state index is 13.1. The molecular formula is C14H9FN2. The average Bonchev–Trinajstić information content (AvgIpc) is 2.38. The molecule has 0 saturated carbocycles. The fourth-order valence-corrected chi connectivity index (χ4v) is 1.76. The molecule has 2 aromatic heterocycles. The molecule has 2 heterocycles. The first-order valence-electron chi connectivity index (χ1n) is 5.31. The van der Waals surface area contributed by atoms with Gasteiger partial charge < -0.3 is 0 Å². The number of rotatable bonds is 1. The van der Waals surface area contributed by atoms with Crippen molar-refractivity contribution in [2.24, 2.45) is 0 Å². The van der Waals surface area contributed by atoms with Crippen LogP contribution in [0.2, 0.25) is 0 Å². The Balaban J connectivity index is 2.18. The lowest BCUT2D eigenvalue weighted by atomic mass is 10.1. The first kappa shape index (κ1) is 9.90. The Bertz CT molecular complexity index is 680. The number of fused-ring (bicyclic) bond motifs is 1. The zero-order chi connectivity index (χ0) is 11.7. The summed E-state index contributed by atoms with van der Waals surface area (Å²) < 4.78 is 13.1. The standard InChI is InChI=1S/C14H9FN2/c15-12-5-1-3-11(9-12)13-7-6-10-4-2-8-16-14(10)17-13/h1-9H. The van der Waals surface area contributed by atoms with Gasteiger partial charge in [0.05, 0.1) is 5.69 Å². The predicted molar refractivity (Wildman–Crippen MR) is 64.9 cm³/mol. The van der Waals surface area contributed by atoms with Crippen molar-refractivity contribution in [3.05, 3.63) is 60.5 Å². The van der Waals surface area contributed by atoms with Gasteiger partial charge in [0, 0.05) is 17.1 Å². The number of hydrogen-bond acceptors (Lipinski definition) is 2. The van der Waals surface area contributed by atoms with E-state index in [9.17, 15) is 4.39 Å². The van der Waals surface area contributed by atoms with Crippen LogP contribution >= 0.6 is 0 Å². The Kier molecular flexibility index (Phi) is 2.29. The second-order valence-electron chi connectivity index (χ2n) is 3.76. The van der Waals surface area contributed by atoms with Crippen molar-refractivity contribution < 1.29 is 4.39 Å². The lowest BCUT2D eigenvalue weighted by molar-refractivity contribution is 0.628. The van der Waals surface area contributed by atoms with E-state index in [-0.39, 0.29) is 5.82 Å². The number of aromatic nitrogens is 2. The minimum Gasteiger partial charge on any atom is -0.237 e. The molecule has 0 radical (unpaired) electrons. The van der Waals surface area contributed by atoms with Crippen LogP contribution in [-0.4, -0.2) is 9.97 Å². The van der Waals surface area contributed by atoms with Crippen molar-refractivity contribution in [2.75, 3.05) is 0 Å². The van der Waals surface area contributed by atoms with Gasteiger partial charge >= 0.3 is 0 Å².